The second-order valence-corrected chi connectivity index (χ2v) is 6.67. The SMILES string of the molecule is CCc1nnc(SCCN2CCCCC2)n1C1CC1. The highest BCUT2D eigenvalue weighted by Crippen LogP contribution is 2.38. The Kier molecular flexibility index (Phi) is 4.43. The van der Waals surface area contributed by atoms with Crippen LogP contribution >= 0.6 is 11.8 Å². The lowest BCUT2D eigenvalue weighted by atomic mass is 10.1. The summed E-state index contributed by atoms with van der Waals surface area (Å²) in [4.78, 5) is 2.59. The first-order valence-electron chi connectivity index (χ1n) is 7.67. The number of likely N-dealkylation sites (tertiary alicyclic amines) is 1. The monoisotopic (exact) mass is 280 g/mol. The van der Waals surface area contributed by atoms with Crippen LogP contribution < -0.4 is 0 Å². The molecule has 2 heterocycles. The average molecular weight is 280 g/mol. The van der Waals surface area contributed by atoms with Crippen LogP contribution in [0.5, 0.6) is 0 Å². The number of thioether (sulfide) groups is 1. The molecule has 0 bridgehead atoms. The predicted molar refractivity (Wildman–Crippen MR) is 78.7 cm³/mol. The molecule has 0 spiro atoms. The van der Waals surface area contributed by atoms with Crippen molar-refractivity contribution in [2.75, 3.05) is 25.4 Å². The van der Waals surface area contributed by atoms with Crippen LogP contribution in [0.1, 0.15) is 50.9 Å². The molecule has 5 heteroatoms. The molecule has 0 unspecified atom stereocenters. The molecule has 1 aromatic heterocycles. The van der Waals surface area contributed by atoms with E-state index in [-0.39, 0.29) is 0 Å². The van der Waals surface area contributed by atoms with E-state index in [1.165, 1.54) is 57.6 Å². The summed E-state index contributed by atoms with van der Waals surface area (Å²) in [5, 5.41) is 9.88. The maximum Gasteiger partial charge on any atom is 0.191 e. The molecule has 1 aromatic rings. The van der Waals surface area contributed by atoms with Crippen LogP contribution in [0.4, 0.5) is 0 Å². The first kappa shape index (κ1) is 13.4. The van der Waals surface area contributed by atoms with Crippen LogP contribution in [0.15, 0.2) is 5.16 Å². The molecule has 0 aromatic carbocycles. The zero-order valence-electron chi connectivity index (χ0n) is 11.8. The van der Waals surface area contributed by atoms with Gasteiger partial charge in [0.15, 0.2) is 5.16 Å². The van der Waals surface area contributed by atoms with E-state index in [0.29, 0.717) is 6.04 Å². The minimum absolute atomic E-state index is 0.697. The highest BCUT2D eigenvalue weighted by molar-refractivity contribution is 7.99. The Morgan fingerprint density at radius 2 is 1.95 bits per heavy atom. The predicted octanol–water partition coefficient (Wildman–Crippen LogP) is 2.75. The number of piperidine rings is 1. The van der Waals surface area contributed by atoms with Crippen molar-refractivity contribution in [3.05, 3.63) is 5.82 Å². The third kappa shape index (κ3) is 3.31. The van der Waals surface area contributed by atoms with Gasteiger partial charge in [0.1, 0.15) is 5.82 Å². The van der Waals surface area contributed by atoms with Crippen molar-refractivity contribution in [3.63, 3.8) is 0 Å². The van der Waals surface area contributed by atoms with Crippen molar-refractivity contribution < 1.29 is 0 Å². The van der Waals surface area contributed by atoms with E-state index in [4.69, 9.17) is 0 Å². The van der Waals surface area contributed by atoms with Crippen molar-refractivity contribution in [2.45, 2.75) is 56.6 Å². The molecule has 0 atom stereocenters. The fourth-order valence-electron chi connectivity index (χ4n) is 2.80. The molecular formula is C14H24N4S. The van der Waals surface area contributed by atoms with E-state index in [2.05, 4.69) is 26.6 Å². The third-order valence-corrected chi connectivity index (χ3v) is 4.97. The van der Waals surface area contributed by atoms with E-state index >= 15 is 0 Å². The molecule has 1 aliphatic heterocycles. The van der Waals surface area contributed by atoms with Gasteiger partial charge in [0, 0.05) is 24.8 Å². The molecule has 1 saturated heterocycles. The molecule has 2 aliphatic rings. The van der Waals surface area contributed by atoms with Crippen LogP contribution in [0.3, 0.4) is 0 Å². The number of hydrogen-bond donors (Lipinski definition) is 0. The van der Waals surface area contributed by atoms with Gasteiger partial charge in [0.2, 0.25) is 0 Å². The van der Waals surface area contributed by atoms with Crippen LogP contribution in [0.2, 0.25) is 0 Å². The van der Waals surface area contributed by atoms with E-state index in [1.807, 2.05) is 11.8 Å². The quantitative estimate of drug-likeness (QED) is 0.750. The Hall–Kier alpha value is -0.550. The van der Waals surface area contributed by atoms with Gasteiger partial charge in [-0.2, -0.15) is 0 Å². The van der Waals surface area contributed by atoms with E-state index in [0.717, 1.165) is 17.3 Å². The standard InChI is InChI=1S/C14H24N4S/c1-2-13-15-16-14(18(13)12-6-7-12)19-11-10-17-8-4-3-5-9-17/h12H,2-11H2,1H3. The third-order valence-electron chi connectivity index (χ3n) is 4.05. The lowest BCUT2D eigenvalue weighted by Crippen LogP contribution is -2.31. The van der Waals surface area contributed by atoms with Gasteiger partial charge in [-0.15, -0.1) is 10.2 Å². The minimum atomic E-state index is 0.697. The van der Waals surface area contributed by atoms with Gasteiger partial charge in [-0.25, -0.2) is 0 Å². The summed E-state index contributed by atoms with van der Waals surface area (Å²) in [5.74, 6) is 2.32. The number of aromatic nitrogens is 3. The maximum atomic E-state index is 4.39. The fourth-order valence-corrected chi connectivity index (χ4v) is 3.82. The van der Waals surface area contributed by atoms with Gasteiger partial charge >= 0.3 is 0 Å². The number of nitrogens with zero attached hydrogens (tertiary/aromatic N) is 4. The van der Waals surface area contributed by atoms with Gasteiger partial charge < -0.3 is 9.47 Å². The summed E-state index contributed by atoms with van der Waals surface area (Å²) in [7, 11) is 0. The molecule has 4 nitrogen and oxygen atoms in total. The van der Waals surface area contributed by atoms with Gasteiger partial charge in [0.25, 0.3) is 0 Å². The van der Waals surface area contributed by atoms with Crippen LogP contribution in [-0.4, -0.2) is 45.1 Å². The molecule has 1 saturated carbocycles. The summed E-state index contributed by atoms with van der Waals surface area (Å²) in [5.41, 5.74) is 0. The molecule has 2 fully saturated rings. The Labute approximate surface area is 120 Å². The molecule has 3 rings (SSSR count). The van der Waals surface area contributed by atoms with Gasteiger partial charge in [-0.3, -0.25) is 0 Å². The van der Waals surface area contributed by atoms with E-state index in [1.54, 1.807) is 0 Å². The lowest BCUT2D eigenvalue weighted by molar-refractivity contribution is 0.242. The van der Waals surface area contributed by atoms with Gasteiger partial charge in [0.05, 0.1) is 0 Å². The first-order chi connectivity index (χ1) is 9.38. The highest BCUT2D eigenvalue weighted by atomic mass is 32.2. The van der Waals surface area contributed by atoms with Crippen molar-refractivity contribution in [1.29, 1.82) is 0 Å². The molecule has 106 valence electrons. The summed E-state index contributed by atoms with van der Waals surface area (Å²) >= 11 is 1.89. The Morgan fingerprint density at radius 3 is 2.63 bits per heavy atom. The maximum absolute atomic E-state index is 4.39. The first-order valence-corrected chi connectivity index (χ1v) is 8.66. The highest BCUT2D eigenvalue weighted by Gasteiger charge is 2.28. The van der Waals surface area contributed by atoms with E-state index in [9.17, 15) is 0 Å². The second-order valence-electron chi connectivity index (χ2n) is 5.60. The van der Waals surface area contributed by atoms with Crippen LogP contribution in [0.25, 0.3) is 0 Å². The Morgan fingerprint density at radius 1 is 1.16 bits per heavy atom. The lowest BCUT2D eigenvalue weighted by Gasteiger charge is -2.25. The van der Waals surface area contributed by atoms with Gasteiger partial charge in [-0.1, -0.05) is 25.1 Å². The average Bonchev–Trinajstić information content (AvgIpc) is 3.21. The fraction of sp³-hybridized carbons (Fsp3) is 0.857. The Balaban J connectivity index is 1.53. The molecule has 0 N–H and O–H groups in total. The summed E-state index contributed by atoms with van der Waals surface area (Å²) in [6.07, 6.45) is 7.79. The molecule has 0 radical (unpaired) electrons. The molecular weight excluding hydrogens is 256 g/mol. The van der Waals surface area contributed by atoms with Crippen molar-refractivity contribution >= 4 is 11.8 Å². The summed E-state index contributed by atoms with van der Waals surface area (Å²) in [6, 6.07) is 0.697. The number of hydrogen-bond acceptors (Lipinski definition) is 4. The van der Waals surface area contributed by atoms with Crippen LogP contribution in [0, 0.1) is 0 Å². The zero-order chi connectivity index (χ0) is 13.1. The van der Waals surface area contributed by atoms with Gasteiger partial charge in [-0.05, 0) is 38.8 Å². The van der Waals surface area contributed by atoms with Crippen molar-refractivity contribution in [1.82, 2.24) is 19.7 Å². The van der Waals surface area contributed by atoms with Crippen LogP contribution in [-0.2, 0) is 6.42 Å². The summed E-state index contributed by atoms with van der Waals surface area (Å²) < 4.78 is 2.39. The van der Waals surface area contributed by atoms with Crippen molar-refractivity contribution in [3.8, 4) is 0 Å². The molecule has 19 heavy (non-hydrogen) atoms. The topological polar surface area (TPSA) is 34.0 Å². The number of aryl methyl sites for hydroxylation is 1. The largest absolute Gasteiger partial charge is 0.303 e. The van der Waals surface area contributed by atoms with E-state index < -0.39 is 0 Å². The smallest absolute Gasteiger partial charge is 0.191 e. The minimum Gasteiger partial charge on any atom is -0.303 e. The Bertz CT molecular complexity index is 408. The normalized spacial score (nSPS) is 20.9. The zero-order valence-corrected chi connectivity index (χ0v) is 12.7. The number of rotatable bonds is 6. The molecule has 1 aliphatic carbocycles. The van der Waals surface area contributed by atoms with Crippen molar-refractivity contribution in [2.24, 2.45) is 0 Å². The molecule has 0 amide bonds. The summed E-state index contributed by atoms with van der Waals surface area (Å²) in [6.45, 7) is 5.95. The second kappa shape index (κ2) is 6.27.